The predicted molar refractivity (Wildman–Crippen MR) is 75.9 cm³/mol. The lowest BCUT2D eigenvalue weighted by Crippen LogP contribution is -2.12. The molecule has 1 aromatic heterocycles. The van der Waals surface area contributed by atoms with Gasteiger partial charge in [-0.15, -0.1) is 11.8 Å². The van der Waals surface area contributed by atoms with Gasteiger partial charge in [-0.2, -0.15) is 0 Å². The van der Waals surface area contributed by atoms with E-state index in [-0.39, 0.29) is 4.75 Å². The summed E-state index contributed by atoms with van der Waals surface area (Å²) in [6.45, 7) is 6.44. The van der Waals surface area contributed by atoms with Gasteiger partial charge in [0.15, 0.2) is 0 Å². The van der Waals surface area contributed by atoms with Crippen LogP contribution in [-0.2, 0) is 0 Å². The molecule has 0 saturated carbocycles. The zero-order chi connectivity index (χ0) is 13.3. The molecule has 0 aliphatic rings. The van der Waals surface area contributed by atoms with E-state index in [9.17, 15) is 4.79 Å². The van der Waals surface area contributed by atoms with Gasteiger partial charge >= 0.3 is 0 Å². The zero-order valence-corrected chi connectivity index (χ0v) is 11.5. The van der Waals surface area contributed by atoms with Crippen molar-refractivity contribution in [2.45, 2.75) is 30.4 Å². The predicted octanol–water partition coefficient (Wildman–Crippen LogP) is 3.22. The molecule has 0 bridgehead atoms. The molecule has 4 heteroatoms. The van der Waals surface area contributed by atoms with Crippen LogP contribution in [0.1, 0.15) is 31.1 Å². The van der Waals surface area contributed by atoms with E-state index in [0.29, 0.717) is 5.56 Å². The smallest absolute Gasteiger partial charge is 0.249 e. The van der Waals surface area contributed by atoms with Gasteiger partial charge in [0.2, 0.25) is 5.91 Å². The van der Waals surface area contributed by atoms with Gasteiger partial charge in [-0.1, -0.05) is 32.9 Å². The molecule has 3 nitrogen and oxygen atoms in total. The fourth-order valence-corrected chi connectivity index (χ4v) is 2.84. The van der Waals surface area contributed by atoms with E-state index in [1.165, 1.54) is 0 Å². The molecule has 94 valence electrons. The maximum absolute atomic E-state index is 11.4. The van der Waals surface area contributed by atoms with E-state index >= 15 is 0 Å². The van der Waals surface area contributed by atoms with Crippen LogP contribution in [0.2, 0.25) is 0 Å². The van der Waals surface area contributed by atoms with Crippen molar-refractivity contribution in [3.63, 3.8) is 0 Å². The summed E-state index contributed by atoms with van der Waals surface area (Å²) in [4.78, 5) is 16.9. The van der Waals surface area contributed by atoms with Crippen LogP contribution in [0.25, 0.3) is 10.9 Å². The van der Waals surface area contributed by atoms with Crippen molar-refractivity contribution in [2.75, 3.05) is 0 Å². The number of hydrogen-bond acceptors (Lipinski definition) is 3. The topological polar surface area (TPSA) is 56.0 Å². The number of aromatic nitrogens is 1. The Kier molecular flexibility index (Phi) is 3.30. The Morgan fingerprint density at radius 2 is 2.00 bits per heavy atom. The third-order valence-corrected chi connectivity index (χ3v) is 3.58. The highest BCUT2D eigenvalue weighted by Gasteiger charge is 2.16. The molecule has 0 spiro atoms. The van der Waals surface area contributed by atoms with Crippen molar-refractivity contribution in [1.29, 1.82) is 0 Å². The first-order valence-electron chi connectivity index (χ1n) is 5.75. The third-order valence-electron chi connectivity index (χ3n) is 2.42. The Balaban J connectivity index is 2.64. The van der Waals surface area contributed by atoms with Crippen molar-refractivity contribution in [3.8, 4) is 0 Å². The van der Waals surface area contributed by atoms with Crippen molar-refractivity contribution in [3.05, 3.63) is 36.0 Å². The fourth-order valence-electron chi connectivity index (χ4n) is 1.78. The number of thioether (sulfide) groups is 1. The van der Waals surface area contributed by atoms with Crippen LogP contribution < -0.4 is 5.73 Å². The third kappa shape index (κ3) is 2.64. The standard InChI is InChI=1S/C14H16N2OS/c1-14(2,3)18-11-6-4-5-9-10(13(15)17)7-8-16-12(9)11/h4-8H,1-3H3,(H2,15,17). The monoisotopic (exact) mass is 260 g/mol. The SMILES string of the molecule is CC(C)(C)Sc1cccc2c(C(N)=O)ccnc12. The number of nitrogens with two attached hydrogens (primary N) is 1. The highest BCUT2D eigenvalue weighted by Crippen LogP contribution is 2.36. The second-order valence-electron chi connectivity index (χ2n) is 5.09. The Bertz CT molecular complexity index is 602. The number of amides is 1. The van der Waals surface area contributed by atoms with Gasteiger partial charge < -0.3 is 5.73 Å². The lowest BCUT2D eigenvalue weighted by Gasteiger charge is -2.18. The minimum absolute atomic E-state index is 0.0959. The lowest BCUT2D eigenvalue weighted by molar-refractivity contribution is 0.100. The molecular formula is C14H16N2OS. The average Bonchev–Trinajstić information content (AvgIpc) is 2.26. The van der Waals surface area contributed by atoms with Gasteiger partial charge in [-0.25, -0.2) is 0 Å². The number of para-hydroxylation sites is 1. The molecule has 2 N–H and O–H groups in total. The van der Waals surface area contributed by atoms with Gasteiger partial charge in [-0.3, -0.25) is 9.78 Å². The molecule has 1 aromatic carbocycles. The number of carbonyl (C=O) groups is 1. The molecule has 0 radical (unpaired) electrons. The van der Waals surface area contributed by atoms with Gasteiger partial charge in [0.1, 0.15) is 0 Å². The minimum Gasteiger partial charge on any atom is -0.366 e. The van der Waals surface area contributed by atoms with Crippen molar-refractivity contribution in [1.82, 2.24) is 4.98 Å². The van der Waals surface area contributed by atoms with Crippen LogP contribution in [-0.4, -0.2) is 15.6 Å². The lowest BCUT2D eigenvalue weighted by atomic mass is 10.1. The maximum atomic E-state index is 11.4. The van der Waals surface area contributed by atoms with Gasteiger partial charge in [-0.05, 0) is 12.1 Å². The van der Waals surface area contributed by atoms with Crippen LogP contribution in [0.15, 0.2) is 35.4 Å². The van der Waals surface area contributed by atoms with Crippen molar-refractivity contribution in [2.24, 2.45) is 5.73 Å². The molecule has 18 heavy (non-hydrogen) atoms. The summed E-state index contributed by atoms with van der Waals surface area (Å²) in [6.07, 6.45) is 1.63. The molecule has 2 aromatic rings. The van der Waals surface area contributed by atoms with Crippen molar-refractivity contribution >= 4 is 28.6 Å². The fraction of sp³-hybridized carbons (Fsp3) is 0.286. The number of pyridine rings is 1. The first-order valence-corrected chi connectivity index (χ1v) is 6.57. The first kappa shape index (κ1) is 12.9. The summed E-state index contributed by atoms with van der Waals surface area (Å²) in [5.74, 6) is -0.416. The molecule has 0 unspecified atom stereocenters. The van der Waals surface area contributed by atoms with Crippen LogP contribution in [0, 0.1) is 0 Å². The van der Waals surface area contributed by atoms with Crippen molar-refractivity contribution < 1.29 is 4.79 Å². The normalized spacial score (nSPS) is 11.7. The summed E-state index contributed by atoms with van der Waals surface area (Å²) in [6, 6.07) is 7.51. The number of primary amides is 1. The molecule has 2 rings (SSSR count). The molecule has 0 fully saturated rings. The Labute approximate surface area is 111 Å². The van der Waals surface area contributed by atoms with Crippen LogP contribution >= 0.6 is 11.8 Å². The van der Waals surface area contributed by atoms with E-state index in [1.807, 2.05) is 18.2 Å². The average molecular weight is 260 g/mol. The number of benzene rings is 1. The molecule has 1 heterocycles. The van der Waals surface area contributed by atoms with Crippen LogP contribution in [0.5, 0.6) is 0 Å². The second-order valence-corrected chi connectivity index (χ2v) is 6.96. The summed E-state index contributed by atoms with van der Waals surface area (Å²) in [7, 11) is 0. The van der Waals surface area contributed by atoms with E-state index in [4.69, 9.17) is 5.73 Å². The van der Waals surface area contributed by atoms with E-state index in [2.05, 4.69) is 25.8 Å². The van der Waals surface area contributed by atoms with E-state index in [0.717, 1.165) is 15.8 Å². The maximum Gasteiger partial charge on any atom is 0.249 e. The van der Waals surface area contributed by atoms with E-state index in [1.54, 1.807) is 24.0 Å². The van der Waals surface area contributed by atoms with E-state index < -0.39 is 5.91 Å². The first-order chi connectivity index (χ1) is 8.38. The highest BCUT2D eigenvalue weighted by atomic mass is 32.2. The molecule has 1 amide bonds. The molecule has 0 saturated heterocycles. The van der Waals surface area contributed by atoms with Gasteiger partial charge in [0, 0.05) is 21.2 Å². The summed E-state index contributed by atoms with van der Waals surface area (Å²) < 4.78 is 0.0959. The molecule has 0 aliphatic heterocycles. The zero-order valence-electron chi connectivity index (χ0n) is 10.7. The number of hydrogen-bond donors (Lipinski definition) is 1. The number of carbonyl (C=O) groups excluding carboxylic acids is 1. The quantitative estimate of drug-likeness (QED) is 0.843. The summed E-state index contributed by atoms with van der Waals surface area (Å²) in [5.41, 5.74) is 6.75. The molecule has 0 aliphatic carbocycles. The Hall–Kier alpha value is -1.55. The summed E-state index contributed by atoms with van der Waals surface area (Å²) >= 11 is 1.74. The number of nitrogens with zero attached hydrogens (tertiary/aromatic N) is 1. The highest BCUT2D eigenvalue weighted by molar-refractivity contribution is 8.00. The minimum atomic E-state index is -0.416. The van der Waals surface area contributed by atoms with Gasteiger partial charge in [0.25, 0.3) is 0 Å². The molecule has 0 atom stereocenters. The molecular weight excluding hydrogens is 244 g/mol. The number of rotatable bonds is 2. The Morgan fingerprint density at radius 1 is 1.28 bits per heavy atom. The van der Waals surface area contributed by atoms with Crippen LogP contribution in [0.3, 0.4) is 0 Å². The van der Waals surface area contributed by atoms with Gasteiger partial charge in [0.05, 0.1) is 11.1 Å². The largest absolute Gasteiger partial charge is 0.366 e. The second kappa shape index (κ2) is 4.61. The number of fused-ring (bicyclic) bond motifs is 1. The van der Waals surface area contributed by atoms with Crippen LogP contribution in [0.4, 0.5) is 0 Å². The summed E-state index contributed by atoms with van der Waals surface area (Å²) in [5, 5.41) is 0.819. The Morgan fingerprint density at radius 3 is 2.61 bits per heavy atom.